The van der Waals surface area contributed by atoms with Crippen molar-refractivity contribution in [1.29, 1.82) is 0 Å². The van der Waals surface area contributed by atoms with E-state index in [-0.39, 0.29) is 0 Å². The van der Waals surface area contributed by atoms with Crippen LogP contribution in [0.1, 0.15) is 42.5 Å². The molecule has 0 aromatic heterocycles. The molecule has 0 aliphatic carbocycles. The molecular weight excluding hydrogens is 463 g/mol. The lowest BCUT2D eigenvalue weighted by molar-refractivity contribution is -0.143. The number of aliphatic carboxylic acids is 1. The maximum Gasteiger partial charge on any atom is 0.416 e. The highest BCUT2D eigenvalue weighted by atomic mass is 79.9. The van der Waals surface area contributed by atoms with Gasteiger partial charge in [-0.3, -0.25) is 9.69 Å². The largest absolute Gasteiger partial charge is 0.494 e. The topological polar surface area (TPSA) is 49.8 Å². The summed E-state index contributed by atoms with van der Waals surface area (Å²) < 4.78 is 46.7. The van der Waals surface area contributed by atoms with Crippen molar-refractivity contribution in [2.45, 2.75) is 32.0 Å². The highest BCUT2D eigenvalue weighted by Crippen LogP contribution is 2.40. The number of alkyl halides is 3. The van der Waals surface area contributed by atoms with Gasteiger partial charge in [0.25, 0.3) is 0 Å². The molecule has 1 atom stereocenters. The van der Waals surface area contributed by atoms with Crippen LogP contribution in [0.15, 0.2) is 46.9 Å². The standard InChI is InChI=1S/C22H23BrF3NO3/c1-2-30-19-7-6-17(23)13-18(19)20(27-10-8-14(9-11-27)21(28)29)15-4-3-5-16(12-15)22(24,25)26/h3-7,12-14,20H,2,8-11H2,1H3,(H,28,29). The van der Waals surface area contributed by atoms with Gasteiger partial charge in [0.2, 0.25) is 0 Å². The number of halogens is 4. The Morgan fingerprint density at radius 2 is 1.93 bits per heavy atom. The van der Waals surface area contributed by atoms with Crippen LogP contribution >= 0.6 is 15.9 Å². The van der Waals surface area contributed by atoms with Crippen molar-refractivity contribution >= 4 is 21.9 Å². The number of hydrogen-bond acceptors (Lipinski definition) is 3. The maximum atomic E-state index is 13.4. The maximum absolute atomic E-state index is 13.4. The molecule has 0 saturated carbocycles. The zero-order valence-electron chi connectivity index (χ0n) is 16.5. The van der Waals surface area contributed by atoms with Crippen LogP contribution in [-0.4, -0.2) is 35.7 Å². The Morgan fingerprint density at radius 3 is 2.53 bits per heavy atom. The molecule has 30 heavy (non-hydrogen) atoms. The van der Waals surface area contributed by atoms with Crippen LogP contribution < -0.4 is 4.74 Å². The van der Waals surface area contributed by atoms with Crippen LogP contribution in [0.3, 0.4) is 0 Å². The average Bonchev–Trinajstić information content (AvgIpc) is 2.70. The summed E-state index contributed by atoms with van der Waals surface area (Å²) in [6, 6.07) is 10.3. The van der Waals surface area contributed by atoms with E-state index in [0.717, 1.165) is 16.1 Å². The van der Waals surface area contributed by atoms with Gasteiger partial charge in [0.05, 0.1) is 24.1 Å². The number of benzene rings is 2. The molecule has 1 aliphatic heterocycles. The van der Waals surface area contributed by atoms with Crippen molar-refractivity contribution < 1.29 is 27.8 Å². The van der Waals surface area contributed by atoms with E-state index in [1.807, 2.05) is 24.0 Å². The summed E-state index contributed by atoms with van der Waals surface area (Å²) in [5.74, 6) is -0.663. The Morgan fingerprint density at radius 1 is 1.23 bits per heavy atom. The number of ether oxygens (including phenoxy) is 1. The quantitative estimate of drug-likeness (QED) is 0.565. The predicted molar refractivity (Wildman–Crippen MR) is 111 cm³/mol. The number of carboxylic acids is 1. The monoisotopic (exact) mass is 485 g/mol. The van der Waals surface area contributed by atoms with Gasteiger partial charge in [0.1, 0.15) is 5.75 Å². The molecule has 0 spiro atoms. The Bertz CT molecular complexity index is 895. The van der Waals surface area contributed by atoms with E-state index in [9.17, 15) is 23.1 Å². The van der Waals surface area contributed by atoms with Gasteiger partial charge in [-0.1, -0.05) is 28.1 Å². The molecule has 162 valence electrons. The molecule has 1 saturated heterocycles. The van der Waals surface area contributed by atoms with Crippen LogP contribution in [0, 0.1) is 5.92 Å². The number of carbonyl (C=O) groups is 1. The molecule has 8 heteroatoms. The van der Waals surface area contributed by atoms with Gasteiger partial charge >= 0.3 is 12.1 Å². The van der Waals surface area contributed by atoms with Crippen molar-refractivity contribution in [3.63, 3.8) is 0 Å². The third-order valence-corrected chi connectivity index (χ3v) is 5.83. The smallest absolute Gasteiger partial charge is 0.416 e. The lowest BCUT2D eigenvalue weighted by Crippen LogP contribution is -2.39. The summed E-state index contributed by atoms with van der Waals surface area (Å²) in [6.45, 7) is 3.21. The third kappa shape index (κ3) is 5.16. The van der Waals surface area contributed by atoms with Crippen molar-refractivity contribution in [2.75, 3.05) is 19.7 Å². The second-order valence-corrected chi connectivity index (χ2v) is 8.21. The molecule has 3 rings (SSSR count). The minimum atomic E-state index is -4.45. The Kier molecular flexibility index (Phi) is 7.08. The molecular formula is C22H23BrF3NO3. The summed E-state index contributed by atoms with van der Waals surface area (Å²) >= 11 is 3.46. The normalized spacial score (nSPS) is 17.0. The Labute approximate surface area is 181 Å². The first-order valence-electron chi connectivity index (χ1n) is 9.77. The highest BCUT2D eigenvalue weighted by Gasteiger charge is 2.34. The molecule has 4 nitrogen and oxygen atoms in total. The third-order valence-electron chi connectivity index (χ3n) is 5.34. The lowest BCUT2D eigenvalue weighted by atomic mass is 9.90. The highest BCUT2D eigenvalue weighted by molar-refractivity contribution is 9.10. The van der Waals surface area contributed by atoms with Gasteiger partial charge in [0.15, 0.2) is 0 Å². The summed E-state index contributed by atoms with van der Waals surface area (Å²) in [7, 11) is 0. The Balaban J connectivity index is 2.07. The second-order valence-electron chi connectivity index (χ2n) is 7.29. The number of nitrogens with zero attached hydrogens (tertiary/aromatic N) is 1. The molecule has 1 unspecified atom stereocenters. The summed E-state index contributed by atoms with van der Waals surface area (Å²) in [6.07, 6.45) is -3.55. The van der Waals surface area contributed by atoms with Gasteiger partial charge in [-0.25, -0.2) is 0 Å². The van der Waals surface area contributed by atoms with Crippen molar-refractivity contribution in [3.05, 3.63) is 63.6 Å². The fourth-order valence-corrected chi connectivity index (χ4v) is 4.28. The zero-order valence-corrected chi connectivity index (χ0v) is 18.0. The average molecular weight is 486 g/mol. The Hall–Kier alpha value is -2.06. The molecule has 1 aliphatic rings. The number of carboxylic acid groups (broad SMARTS) is 1. The molecule has 0 bridgehead atoms. The minimum Gasteiger partial charge on any atom is -0.494 e. The molecule has 1 fully saturated rings. The van der Waals surface area contributed by atoms with E-state index >= 15 is 0 Å². The molecule has 1 heterocycles. The van der Waals surface area contributed by atoms with E-state index in [1.165, 1.54) is 12.1 Å². The van der Waals surface area contributed by atoms with Gasteiger partial charge in [-0.2, -0.15) is 13.2 Å². The first kappa shape index (κ1) is 22.6. The molecule has 2 aromatic carbocycles. The number of hydrogen-bond donors (Lipinski definition) is 1. The zero-order chi connectivity index (χ0) is 21.9. The SMILES string of the molecule is CCOc1ccc(Br)cc1C(c1cccc(C(F)(F)F)c1)N1CCC(C(=O)O)CC1. The molecule has 1 N–H and O–H groups in total. The fourth-order valence-electron chi connectivity index (χ4n) is 3.90. The van der Waals surface area contributed by atoms with E-state index in [1.54, 1.807) is 12.1 Å². The van der Waals surface area contributed by atoms with Crippen LogP contribution in [0.25, 0.3) is 0 Å². The fraction of sp³-hybridized carbons (Fsp3) is 0.409. The molecule has 2 aromatic rings. The van der Waals surface area contributed by atoms with Crippen LogP contribution in [0.2, 0.25) is 0 Å². The number of likely N-dealkylation sites (tertiary alicyclic amines) is 1. The lowest BCUT2D eigenvalue weighted by Gasteiger charge is -2.38. The first-order chi connectivity index (χ1) is 14.2. The summed E-state index contributed by atoms with van der Waals surface area (Å²) in [5.41, 5.74) is 0.537. The van der Waals surface area contributed by atoms with Crippen LogP contribution in [-0.2, 0) is 11.0 Å². The van der Waals surface area contributed by atoms with E-state index in [0.29, 0.717) is 43.9 Å². The van der Waals surface area contributed by atoms with Gasteiger partial charge < -0.3 is 9.84 Å². The van der Waals surface area contributed by atoms with Gasteiger partial charge in [-0.05, 0) is 68.8 Å². The van der Waals surface area contributed by atoms with Crippen LogP contribution in [0.4, 0.5) is 13.2 Å². The summed E-state index contributed by atoms with van der Waals surface area (Å²) in [4.78, 5) is 13.4. The second kappa shape index (κ2) is 9.39. The number of rotatable bonds is 6. The van der Waals surface area contributed by atoms with Crippen LogP contribution in [0.5, 0.6) is 5.75 Å². The van der Waals surface area contributed by atoms with E-state index in [4.69, 9.17) is 4.74 Å². The number of piperidine rings is 1. The summed E-state index contributed by atoms with van der Waals surface area (Å²) in [5, 5.41) is 9.30. The van der Waals surface area contributed by atoms with Crippen molar-refractivity contribution in [1.82, 2.24) is 4.90 Å². The molecule has 0 radical (unpaired) electrons. The van der Waals surface area contributed by atoms with Crippen molar-refractivity contribution in [3.8, 4) is 5.75 Å². The van der Waals surface area contributed by atoms with E-state index < -0.39 is 29.7 Å². The first-order valence-corrected chi connectivity index (χ1v) is 10.6. The van der Waals surface area contributed by atoms with Crippen molar-refractivity contribution in [2.24, 2.45) is 5.92 Å². The van der Waals surface area contributed by atoms with E-state index in [2.05, 4.69) is 15.9 Å². The van der Waals surface area contributed by atoms with Gasteiger partial charge in [0, 0.05) is 10.0 Å². The minimum absolute atomic E-state index is 0.422. The predicted octanol–water partition coefficient (Wildman–Crippen LogP) is 5.75. The molecule has 0 amide bonds. The van der Waals surface area contributed by atoms with Gasteiger partial charge in [-0.15, -0.1) is 0 Å².